The molecule has 0 spiro atoms. The molecule has 0 radical (unpaired) electrons. The van der Waals surface area contributed by atoms with E-state index in [0.29, 0.717) is 12.3 Å². The lowest BCUT2D eigenvalue weighted by Gasteiger charge is -2.17. The molecule has 0 aliphatic heterocycles. The first-order chi connectivity index (χ1) is 12.4. The second kappa shape index (κ2) is 7.30. The molecule has 0 aliphatic carbocycles. The fourth-order valence-electron chi connectivity index (χ4n) is 2.35. The summed E-state index contributed by atoms with van der Waals surface area (Å²) in [5.41, 5.74) is 2.94. The highest BCUT2D eigenvalue weighted by Gasteiger charge is 2.18. The molecule has 8 heteroatoms. The van der Waals surface area contributed by atoms with Crippen molar-refractivity contribution < 1.29 is 14.3 Å². The van der Waals surface area contributed by atoms with Crippen molar-refractivity contribution in [3.63, 3.8) is 0 Å². The van der Waals surface area contributed by atoms with Crippen molar-refractivity contribution in [2.24, 2.45) is 0 Å². The molecular formula is C18H19N5O3. The van der Waals surface area contributed by atoms with Crippen molar-refractivity contribution in [2.75, 3.05) is 13.7 Å². The standard InChI is InChI=1S/C18H19N5O3/c1-12-4-6-14(7-5-12)10-22(3)15(24)11-26-17(25)16-20-18-19-9-8-13(2)23(18)21-16/h4-9H,10-11H2,1-3H3. The average Bonchev–Trinajstić information content (AvgIpc) is 3.07. The van der Waals surface area contributed by atoms with Gasteiger partial charge in [0.2, 0.25) is 0 Å². The molecule has 0 unspecified atom stereocenters. The van der Waals surface area contributed by atoms with Crippen LogP contribution in [0, 0.1) is 13.8 Å². The van der Waals surface area contributed by atoms with Crippen LogP contribution in [0.2, 0.25) is 0 Å². The molecule has 0 fully saturated rings. The molecule has 3 rings (SSSR count). The summed E-state index contributed by atoms with van der Waals surface area (Å²) >= 11 is 0. The van der Waals surface area contributed by atoms with E-state index >= 15 is 0 Å². The highest BCUT2D eigenvalue weighted by molar-refractivity contribution is 5.88. The molecule has 0 saturated heterocycles. The highest BCUT2D eigenvalue weighted by atomic mass is 16.5. The van der Waals surface area contributed by atoms with Crippen molar-refractivity contribution in [3.8, 4) is 0 Å². The van der Waals surface area contributed by atoms with Gasteiger partial charge in [-0.1, -0.05) is 29.8 Å². The molecule has 8 nitrogen and oxygen atoms in total. The zero-order valence-corrected chi connectivity index (χ0v) is 14.8. The van der Waals surface area contributed by atoms with Crippen LogP contribution in [-0.4, -0.2) is 50.0 Å². The summed E-state index contributed by atoms with van der Waals surface area (Å²) in [7, 11) is 1.66. The zero-order valence-electron chi connectivity index (χ0n) is 14.8. The van der Waals surface area contributed by atoms with Crippen molar-refractivity contribution in [1.82, 2.24) is 24.5 Å². The van der Waals surface area contributed by atoms with Gasteiger partial charge in [-0.05, 0) is 25.5 Å². The second-order valence-corrected chi connectivity index (χ2v) is 6.04. The van der Waals surface area contributed by atoms with Gasteiger partial charge >= 0.3 is 5.97 Å². The van der Waals surface area contributed by atoms with Crippen LogP contribution in [0.4, 0.5) is 0 Å². The van der Waals surface area contributed by atoms with Crippen molar-refractivity contribution in [2.45, 2.75) is 20.4 Å². The molecule has 26 heavy (non-hydrogen) atoms. The molecule has 0 atom stereocenters. The summed E-state index contributed by atoms with van der Waals surface area (Å²) in [6, 6.07) is 9.64. The Bertz CT molecular complexity index is 949. The van der Waals surface area contributed by atoms with E-state index in [0.717, 1.165) is 16.8 Å². The van der Waals surface area contributed by atoms with Crippen LogP contribution in [0.3, 0.4) is 0 Å². The Hall–Kier alpha value is -3.29. The van der Waals surface area contributed by atoms with E-state index in [1.54, 1.807) is 19.3 Å². The normalized spacial score (nSPS) is 10.7. The van der Waals surface area contributed by atoms with Gasteiger partial charge in [0.1, 0.15) is 0 Å². The van der Waals surface area contributed by atoms with Crippen LogP contribution >= 0.6 is 0 Å². The van der Waals surface area contributed by atoms with Gasteiger partial charge in [0.15, 0.2) is 6.61 Å². The quantitative estimate of drug-likeness (QED) is 0.647. The summed E-state index contributed by atoms with van der Waals surface area (Å²) in [6.07, 6.45) is 1.58. The van der Waals surface area contributed by atoms with Crippen molar-refractivity contribution in [3.05, 3.63) is 59.2 Å². The molecule has 1 aromatic carbocycles. The number of rotatable bonds is 5. The Morgan fingerprint density at radius 1 is 1.15 bits per heavy atom. The Morgan fingerprint density at radius 2 is 1.88 bits per heavy atom. The predicted molar refractivity (Wildman–Crippen MR) is 93.5 cm³/mol. The van der Waals surface area contributed by atoms with E-state index in [1.165, 1.54) is 9.42 Å². The van der Waals surface area contributed by atoms with E-state index in [4.69, 9.17) is 4.74 Å². The first-order valence-corrected chi connectivity index (χ1v) is 8.09. The number of benzene rings is 1. The van der Waals surface area contributed by atoms with E-state index in [-0.39, 0.29) is 18.3 Å². The predicted octanol–water partition coefficient (Wildman–Crippen LogP) is 1.56. The molecule has 134 valence electrons. The third-order valence-corrected chi connectivity index (χ3v) is 3.91. The largest absolute Gasteiger partial charge is 0.450 e. The average molecular weight is 353 g/mol. The van der Waals surface area contributed by atoms with E-state index < -0.39 is 5.97 Å². The first kappa shape index (κ1) is 17.5. The summed E-state index contributed by atoms with van der Waals surface area (Å²) in [6.45, 7) is 3.89. The highest BCUT2D eigenvalue weighted by Crippen LogP contribution is 2.07. The van der Waals surface area contributed by atoms with Crippen molar-refractivity contribution in [1.29, 1.82) is 0 Å². The maximum absolute atomic E-state index is 12.2. The topological polar surface area (TPSA) is 89.7 Å². The molecule has 0 bridgehead atoms. The minimum atomic E-state index is -0.757. The SMILES string of the molecule is Cc1ccc(CN(C)C(=O)COC(=O)c2nc3nccc(C)n3n2)cc1. The number of hydrogen-bond donors (Lipinski definition) is 0. The van der Waals surface area contributed by atoms with E-state index in [9.17, 15) is 9.59 Å². The molecular weight excluding hydrogens is 334 g/mol. The lowest BCUT2D eigenvalue weighted by molar-refractivity contribution is -0.133. The van der Waals surface area contributed by atoms with Gasteiger partial charge in [0.25, 0.3) is 17.5 Å². The third kappa shape index (κ3) is 3.85. The van der Waals surface area contributed by atoms with Crippen LogP contribution in [0.5, 0.6) is 0 Å². The number of fused-ring (bicyclic) bond motifs is 1. The van der Waals surface area contributed by atoms with Crippen LogP contribution < -0.4 is 0 Å². The Labute approximate surface area is 150 Å². The summed E-state index contributed by atoms with van der Waals surface area (Å²) in [5, 5.41) is 4.05. The summed E-state index contributed by atoms with van der Waals surface area (Å²) < 4.78 is 6.49. The number of aromatic nitrogens is 4. The molecule has 1 amide bonds. The minimum Gasteiger partial charge on any atom is -0.450 e. The maximum Gasteiger partial charge on any atom is 0.378 e. The third-order valence-electron chi connectivity index (χ3n) is 3.91. The Kier molecular flexibility index (Phi) is 4.92. The molecule has 0 aliphatic rings. The van der Waals surface area contributed by atoms with Crippen molar-refractivity contribution >= 4 is 17.7 Å². The second-order valence-electron chi connectivity index (χ2n) is 6.04. The smallest absolute Gasteiger partial charge is 0.378 e. The molecule has 0 N–H and O–H groups in total. The first-order valence-electron chi connectivity index (χ1n) is 8.09. The number of carbonyl (C=O) groups excluding carboxylic acids is 2. The number of carbonyl (C=O) groups is 2. The van der Waals surface area contributed by atoms with Gasteiger partial charge in [-0.15, -0.1) is 5.10 Å². The Morgan fingerprint density at radius 3 is 2.58 bits per heavy atom. The minimum absolute atomic E-state index is 0.124. The van der Waals surface area contributed by atoms with Gasteiger partial charge in [0, 0.05) is 25.5 Å². The van der Waals surface area contributed by atoms with Gasteiger partial charge < -0.3 is 9.64 Å². The van der Waals surface area contributed by atoms with Gasteiger partial charge in [-0.25, -0.2) is 14.3 Å². The van der Waals surface area contributed by atoms with E-state index in [1.807, 2.05) is 38.1 Å². The summed E-state index contributed by atoms with van der Waals surface area (Å²) in [5.74, 6) is -0.885. The lowest BCUT2D eigenvalue weighted by Crippen LogP contribution is -2.31. The van der Waals surface area contributed by atoms with Crippen LogP contribution in [0.25, 0.3) is 5.78 Å². The Balaban J connectivity index is 1.58. The molecule has 3 aromatic rings. The summed E-state index contributed by atoms with van der Waals surface area (Å²) in [4.78, 5) is 33.8. The van der Waals surface area contributed by atoms with Gasteiger partial charge in [-0.2, -0.15) is 4.98 Å². The monoisotopic (exact) mass is 353 g/mol. The fourth-order valence-corrected chi connectivity index (χ4v) is 2.35. The lowest BCUT2D eigenvalue weighted by atomic mass is 10.1. The number of nitrogens with zero attached hydrogens (tertiary/aromatic N) is 5. The number of likely N-dealkylation sites (N-methyl/N-ethyl adjacent to an activating group) is 1. The van der Waals surface area contributed by atoms with Crippen LogP contribution in [0.1, 0.15) is 27.4 Å². The van der Waals surface area contributed by atoms with Crippen LogP contribution in [-0.2, 0) is 16.1 Å². The number of ether oxygens (including phenoxy) is 1. The number of amides is 1. The number of aryl methyl sites for hydroxylation is 2. The number of hydrogen-bond acceptors (Lipinski definition) is 6. The molecule has 2 heterocycles. The maximum atomic E-state index is 12.2. The number of esters is 1. The van der Waals surface area contributed by atoms with Gasteiger partial charge in [0.05, 0.1) is 0 Å². The van der Waals surface area contributed by atoms with Crippen LogP contribution in [0.15, 0.2) is 36.5 Å². The van der Waals surface area contributed by atoms with E-state index in [2.05, 4.69) is 15.1 Å². The van der Waals surface area contributed by atoms with Gasteiger partial charge in [-0.3, -0.25) is 4.79 Å². The molecule has 2 aromatic heterocycles. The fraction of sp³-hybridized carbons (Fsp3) is 0.278. The zero-order chi connectivity index (χ0) is 18.7. The molecule has 0 saturated carbocycles.